The Hall–Kier alpha value is -2.43. The number of rotatable bonds is 11. The first-order valence-electron chi connectivity index (χ1n) is 10.7. The van der Waals surface area contributed by atoms with Crippen molar-refractivity contribution in [1.82, 2.24) is 0 Å². The maximum Gasteiger partial charge on any atom is 0.303 e. The number of aliphatic carboxylic acids is 2. The zero-order valence-corrected chi connectivity index (χ0v) is 20.2. The summed E-state index contributed by atoms with van der Waals surface area (Å²) in [4.78, 5) is 26.0. The number of hydrogen-bond donors (Lipinski definition) is 3. The van der Waals surface area contributed by atoms with E-state index in [4.69, 9.17) is 26.2 Å². The molecule has 2 aromatic rings. The molecule has 9 nitrogen and oxygen atoms in total. The van der Waals surface area contributed by atoms with Crippen molar-refractivity contribution >= 4 is 34.6 Å². The Morgan fingerprint density at radius 1 is 1.03 bits per heavy atom. The van der Waals surface area contributed by atoms with Gasteiger partial charge < -0.3 is 20.7 Å². The molecule has 1 aliphatic rings. The highest BCUT2D eigenvalue weighted by molar-refractivity contribution is 7.10. The molecule has 0 saturated carbocycles. The molecule has 3 heterocycles. The standard InChI is InChI=1S/C9H11N3O2S.C9H13NO2S.C4H8O.CH4/c10-12-11-6-7(5-9(13)14)4-8-2-1-3-15-8;10-6-7(5-9(11)12)4-8-2-1-3-13-8;1-2-4-5-3-1;/h1-3,7H,4-6H2,(H,13,14);1-3,7H,4-6,10H2,(H,11,12);1-4H2;1H4. The van der Waals surface area contributed by atoms with Crippen LogP contribution in [0.25, 0.3) is 10.4 Å². The molecule has 0 spiro atoms. The van der Waals surface area contributed by atoms with Gasteiger partial charge in [-0.3, -0.25) is 9.59 Å². The molecule has 3 rings (SSSR count). The molecule has 34 heavy (non-hydrogen) atoms. The maximum atomic E-state index is 10.6. The van der Waals surface area contributed by atoms with Gasteiger partial charge in [-0.1, -0.05) is 24.7 Å². The lowest BCUT2D eigenvalue weighted by molar-refractivity contribution is -0.139. The van der Waals surface area contributed by atoms with E-state index in [-0.39, 0.29) is 38.6 Å². The number of thiophene rings is 2. The molecule has 0 aliphatic carbocycles. The van der Waals surface area contributed by atoms with Gasteiger partial charge in [0.2, 0.25) is 0 Å². The van der Waals surface area contributed by atoms with E-state index >= 15 is 0 Å². The van der Waals surface area contributed by atoms with Crippen LogP contribution in [0, 0.1) is 11.8 Å². The van der Waals surface area contributed by atoms with Crippen LogP contribution in [-0.4, -0.2) is 48.5 Å². The van der Waals surface area contributed by atoms with E-state index < -0.39 is 11.9 Å². The Kier molecular flexibility index (Phi) is 18.6. The van der Waals surface area contributed by atoms with Gasteiger partial charge in [0, 0.05) is 47.3 Å². The van der Waals surface area contributed by atoms with E-state index in [1.54, 1.807) is 22.7 Å². The lowest BCUT2D eigenvalue weighted by Crippen LogP contribution is -2.19. The van der Waals surface area contributed by atoms with Gasteiger partial charge in [-0.05, 0) is 72.5 Å². The zero-order valence-electron chi connectivity index (χ0n) is 18.5. The van der Waals surface area contributed by atoms with Crippen LogP contribution in [-0.2, 0) is 27.2 Å². The average molecular weight is 513 g/mol. The fourth-order valence-corrected chi connectivity index (χ4v) is 4.66. The lowest BCUT2D eigenvalue weighted by atomic mass is 10.0. The monoisotopic (exact) mass is 512 g/mol. The SMILES string of the molecule is C.C1CCOC1.NCC(CC(=O)O)Cc1cccs1.[N-]=[N+]=NCC(CC(=O)O)Cc1cccs1. The number of hydrogen-bond acceptors (Lipinski definition) is 7. The Labute approximate surface area is 209 Å². The topological polar surface area (TPSA) is 159 Å². The van der Waals surface area contributed by atoms with Crippen molar-refractivity contribution in [3.63, 3.8) is 0 Å². The first kappa shape index (κ1) is 31.6. The summed E-state index contributed by atoms with van der Waals surface area (Å²) in [6.45, 7) is 2.67. The summed E-state index contributed by atoms with van der Waals surface area (Å²) < 4.78 is 4.94. The summed E-state index contributed by atoms with van der Waals surface area (Å²) >= 11 is 3.23. The van der Waals surface area contributed by atoms with Crippen LogP contribution in [0.15, 0.2) is 40.1 Å². The summed E-state index contributed by atoms with van der Waals surface area (Å²) in [7, 11) is 0. The molecule has 1 fully saturated rings. The summed E-state index contributed by atoms with van der Waals surface area (Å²) in [6, 6.07) is 7.85. The molecule has 0 amide bonds. The third-order valence-electron chi connectivity index (χ3n) is 4.63. The van der Waals surface area contributed by atoms with Gasteiger partial charge in [-0.15, -0.1) is 22.7 Å². The van der Waals surface area contributed by atoms with Crippen LogP contribution in [0.3, 0.4) is 0 Å². The van der Waals surface area contributed by atoms with E-state index in [2.05, 4.69) is 10.0 Å². The number of carbonyl (C=O) groups is 2. The molecule has 190 valence electrons. The van der Waals surface area contributed by atoms with Crippen LogP contribution < -0.4 is 5.73 Å². The summed E-state index contributed by atoms with van der Waals surface area (Å²) in [5.74, 6) is -1.68. The minimum absolute atomic E-state index is 0. The van der Waals surface area contributed by atoms with Gasteiger partial charge in [-0.25, -0.2) is 0 Å². The second-order valence-corrected chi connectivity index (χ2v) is 9.53. The average Bonchev–Trinajstić information content (AvgIpc) is 3.56. The van der Waals surface area contributed by atoms with E-state index in [0.29, 0.717) is 13.0 Å². The molecular weight excluding hydrogens is 476 g/mol. The van der Waals surface area contributed by atoms with Crippen LogP contribution in [0.1, 0.15) is 42.9 Å². The van der Waals surface area contributed by atoms with Crippen molar-refractivity contribution in [3.05, 3.63) is 55.2 Å². The van der Waals surface area contributed by atoms with E-state index in [0.717, 1.165) is 24.5 Å². The Balaban J connectivity index is 0.000000522. The van der Waals surface area contributed by atoms with Gasteiger partial charge >= 0.3 is 11.9 Å². The number of nitrogens with zero attached hydrogens (tertiary/aromatic N) is 3. The molecule has 0 aromatic carbocycles. The third-order valence-corrected chi connectivity index (χ3v) is 6.43. The molecule has 1 aliphatic heterocycles. The summed E-state index contributed by atoms with van der Waals surface area (Å²) in [6.07, 6.45) is 4.19. The van der Waals surface area contributed by atoms with Crippen LogP contribution >= 0.6 is 22.7 Å². The summed E-state index contributed by atoms with van der Waals surface area (Å²) in [5.41, 5.74) is 13.7. The molecule has 2 aromatic heterocycles. The number of azide groups is 1. The number of carboxylic acid groups (broad SMARTS) is 2. The molecule has 2 unspecified atom stereocenters. The number of nitrogens with two attached hydrogens (primary N) is 1. The first-order chi connectivity index (χ1) is 15.9. The second kappa shape index (κ2) is 20.0. The molecule has 1 saturated heterocycles. The Bertz CT molecular complexity index is 809. The van der Waals surface area contributed by atoms with Gasteiger partial charge in [-0.2, -0.15) is 0 Å². The van der Waals surface area contributed by atoms with Crippen LogP contribution in [0.2, 0.25) is 0 Å². The van der Waals surface area contributed by atoms with Crippen molar-refractivity contribution in [3.8, 4) is 0 Å². The van der Waals surface area contributed by atoms with Crippen molar-refractivity contribution < 1.29 is 24.5 Å². The van der Waals surface area contributed by atoms with Crippen molar-refractivity contribution in [2.45, 2.75) is 46.0 Å². The summed E-state index contributed by atoms with van der Waals surface area (Å²) in [5, 5.41) is 24.6. The minimum Gasteiger partial charge on any atom is -0.481 e. The minimum atomic E-state index is -0.857. The van der Waals surface area contributed by atoms with Gasteiger partial charge in [0.05, 0.1) is 0 Å². The lowest BCUT2D eigenvalue weighted by Gasteiger charge is -2.09. The van der Waals surface area contributed by atoms with Gasteiger partial charge in [0.1, 0.15) is 0 Å². The fraction of sp³-hybridized carbons (Fsp3) is 0.565. The van der Waals surface area contributed by atoms with Crippen LogP contribution in [0.4, 0.5) is 0 Å². The maximum absolute atomic E-state index is 10.6. The molecule has 4 N–H and O–H groups in total. The molecule has 11 heteroatoms. The van der Waals surface area contributed by atoms with Gasteiger partial charge in [0.15, 0.2) is 0 Å². The van der Waals surface area contributed by atoms with Crippen molar-refractivity contribution in [2.24, 2.45) is 22.7 Å². The Morgan fingerprint density at radius 3 is 1.88 bits per heavy atom. The smallest absolute Gasteiger partial charge is 0.303 e. The first-order valence-corrected chi connectivity index (χ1v) is 12.5. The quantitative estimate of drug-likeness (QED) is 0.206. The predicted molar refractivity (Wildman–Crippen MR) is 137 cm³/mol. The van der Waals surface area contributed by atoms with Gasteiger partial charge in [0.25, 0.3) is 0 Å². The third kappa shape index (κ3) is 16.2. The number of carboxylic acids is 2. The molecule has 0 bridgehead atoms. The van der Waals surface area contributed by atoms with E-state index in [1.165, 1.54) is 17.7 Å². The molecule has 2 atom stereocenters. The van der Waals surface area contributed by atoms with E-state index in [1.807, 2.05) is 35.0 Å². The van der Waals surface area contributed by atoms with Crippen LogP contribution in [0.5, 0.6) is 0 Å². The highest BCUT2D eigenvalue weighted by Crippen LogP contribution is 2.18. The molecular formula is C23H36N4O5S2. The zero-order chi connectivity index (χ0) is 24.3. The van der Waals surface area contributed by atoms with E-state index in [9.17, 15) is 9.59 Å². The second-order valence-electron chi connectivity index (χ2n) is 7.46. The fourth-order valence-electron chi connectivity index (χ4n) is 3.02. The normalized spacial score (nSPS) is 13.6. The largest absolute Gasteiger partial charge is 0.481 e. The van der Waals surface area contributed by atoms with Crippen molar-refractivity contribution in [1.29, 1.82) is 0 Å². The molecule has 0 radical (unpaired) electrons. The number of ether oxygens (including phenoxy) is 1. The Morgan fingerprint density at radius 2 is 1.53 bits per heavy atom. The highest BCUT2D eigenvalue weighted by Gasteiger charge is 2.14. The van der Waals surface area contributed by atoms with Crippen molar-refractivity contribution in [2.75, 3.05) is 26.3 Å². The highest BCUT2D eigenvalue weighted by atomic mass is 32.1. The predicted octanol–water partition coefficient (Wildman–Crippen LogP) is 5.46.